The van der Waals surface area contributed by atoms with Crippen LogP contribution in [-0.2, 0) is 6.42 Å². The van der Waals surface area contributed by atoms with E-state index in [4.69, 9.17) is 16.1 Å². The van der Waals surface area contributed by atoms with Crippen molar-refractivity contribution < 1.29 is 8.91 Å². The zero-order chi connectivity index (χ0) is 13.8. The van der Waals surface area contributed by atoms with Crippen LogP contribution in [0.25, 0.3) is 0 Å². The van der Waals surface area contributed by atoms with Gasteiger partial charge in [-0.1, -0.05) is 42.7 Å². The Bertz CT molecular complexity index is 557. The molecule has 0 unspecified atom stereocenters. The van der Waals surface area contributed by atoms with Crippen LogP contribution in [0.2, 0.25) is 5.02 Å². The van der Waals surface area contributed by atoms with Gasteiger partial charge >= 0.3 is 6.01 Å². The van der Waals surface area contributed by atoms with Crippen molar-refractivity contribution in [1.29, 1.82) is 0 Å². The highest BCUT2D eigenvalue weighted by Crippen LogP contribution is 2.20. The van der Waals surface area contributed by atoms with Crippen molar-refractivity contribution >= 4 is 17.6 Å². The van der Waals surface area contributed by atoms with Crippen molar-refractivity contribution in [3.63, 3.8) is 0 Å². The molecule has 0 aliphatic heterocycles. The van der Waals surface area contributed by atoms with Crippen LogP contribution in [-0.4, -0.2) is 16.7 Å². The van der Waals surface area contributed by atoms with Crippen molar-refractivity contribution in [2.75, 3.05) is 11.9 Å². The van der Waals surface area contributed by atoms with E-state index in [9.17, 15) is 4.39 Å². The zero-order valence-electron chi connectivity index (χ0n) is 10.8. The summed E-state index contributed by atoms with van der Waals surface area (Å²) in [5.41, 5.74) is 0.448. The first-order chi connectivity index (χ1) is 9.06. The molecule has 0 bridgehead atoms. The fourth-order valence-corrected chi connectivity index (χ4v) is 1.74. The molecular weight excluding hydrogens is 269 g/mol. The molecule has 19 heavy (non-hydrogen) atoms. The molecule has 1 heterocycles. The highest BCUT2D eigenvalue weighted by Gasteiger charge is 2.11. The summed E-state index contributed by atoms with van der Waals surface area (Å²) in [5.74, 6) is 0.457. The van der Waals surface area contributed by atoms with Crippen molar-refractivity contribution in [2.45, 2.75) is 20.3 Å². The number of anilines is 1. The van der Waals surface area contributed by atoms with Crippen LogP contribution in [0, 0.1) is 11.7 Å². The lowest BCUT2D eigenvalue weighted by Crippen LogP contribution is -2.08. The molecule has 0 saturated carbocycles. The lowest BCUT2D eigenvalue weighted by Gasteiger charge is -2.02. The second-order valence-corrected chi connectivity index (χ2v) is 5.09. The third-order valence-corrected chi connectivity index (χ3v) is 2.80. The molecule has 0 fully saturated rings. The van der Waals surface area contributed by atoms with Crippen LogP contribution < -0.4 is 5.32 Å². The predicted octanol–water partition coefficient (Wildman–Crippen LogP) is 3.52. The number of hydrogen-bond donors (Lipinski definition) is 1. The average molecular weight is 284 g/mol. The van der Waals surface area contributed by atoms with Crippen LogP contribution in [0.5, 0.6) is 0 Å². The molecule has 6 heteroatoms. The highest BCUT2D eigenvalue weighted by molar-refractivity contribution is 6.30. The Morgan fingerprint density at radius 3 is 2.95 bits per heavy atom. The molecule has 0 radical (unpaired) electrons. The standard InChI is InChI=1S/C13H15ClFN3O/c1-8(2)7-16-13-17-11(18-19-13)6-9-4-3-5-10(14)12(9)15/h3-5,8H,6-7H2,1-2H3,(H,16,17,18). The summed E-state index contributed by atoms with van der Waals surface area (Å²) in [4.78, 5) is 4.15. The summed E-state index contributed by atoms with van der Waals surface area (Å²) in [6, 6.07) is 5.20. The van der Waals surface area contributed by atoms with Crippen molar-refractivity contribution in [2.24, 2.45) is 5.92 Å². The Balaban J connectivity index is 2.05. The molecule has 0 aliphatic rings. The number of nitrogens with zero attached hydrogens (tertiary/aromatic N) is 2. The van der Waals surface area contributed by atoms with Gasteiger partial charge in [0, 0.05) is 13.0 Å². The SMILES string of the molecule is CC(C)CNc1nc(Cc2cccc(Cl)c2F)no1. The van der Waals surface area contributed by atoms with E-state index < -0.39 is 5.82 Å². The summed E-state index contributed by atoms with van der Waals surface area (Å²) in [6.07, 6.45) is 0.249. The Morgan fingerprint density at radius 2 is 2.21 bits per heavy atom. The molecule has 1 N–H and O–H groups in total. The molecule has 102 valence electrons. The number of benzene rings is 1. The van der Waals surface area contributed by atoms with Gasteiger partial charge in [-0.15, -0.1) is 0 Å². The molecule has 0 aliphatic carbocycles. The van der Waals surface area contributed by atoms with E-state index in [1.54, 1.807) is 12.1 Å². The second kappa shape index (κ2) is 6.02. The monoisotopic (exact) mass is 283 g/mol. The quantitative estimate of drug-likeness (QED) is 0.912. The van der Waals surface area contributed by atoms with Crippen molar-refractivity contribution in [3.05, 3.63) is 40.4 Å². The first kappa shape index (κ1) is 13.8. The Hall–Kier alpha value is -1.62. The van der Waals surface area contributed by atoms with E-state index >= 15 is 0 Å². The molecule has 4 nitrogen and oxygen atoms in total. The molecule has 2 aromatic rings. The summed E-state index contributed by atoms with van der Waals surface area (Å²) in [7, 11) is 0. The first-order valence-corrected chi connectivity index (χ1v) is 6.43. The van der Waals surface area contributed by atoms with Crippen molar-refractivity contribution in [3.8, 4) is 0 Å². The normalized spacial score (nSPS) is 11.0. The fourth-order valence-electron chi connectivity index (χ4n) is 1.54. The van der Waals surface area contributed by atoms with Gasteiger partial charge < -0.3 is 9.84 Å². The minimum absolute atomic E-state index is 0.0964. The minimum atomic E-state index is -0.439. The summed E-state index contributed by atoms with van der Waals surface area (Å²) >= 11 is 5.72. The molecule has 0 atom stereocenters. The van der Waals surface area contributed by atoms with Gasteiger partial charge in [0.2, 0.25) is 0 Å². The Morgan fingerprint density at radius 1 is 1.42 bits per heavy atom. The molecule has 1 aromatic heterocycles. The van der Waals surface area contributed by atoms with Crippen LogP contribution in [0.15, 0.2) is 22.7 Å². The number of hydrogen-bond acceptors (Lipinski definition) is 4. The van der Waals surface area contributed by atoms with Crippen LogP contribution >= 0.6 is 11.6 Å². The summed E-state index contributed by atoms with van der Waals surface area (Å²) < 4.78 is 18.7. The fraction of sp³-hybridized carbons (Fsp3) is 0.385. The van der Waals surface area contributed by atoms with Gasteiger partial charge in [0.15, 0.2) is 5.82 Å². The average Bonchev–Trinajstić information content (AvgIpc) is 2.80. The third kappa shape index (κ3) is 3.67. The van der Waals surface area contributed by atoms with Gasteiger partial charge in [-0.05, 0) is 17.5 Å². The lowest BCUT2D eigenvalue weighted by atomic mass is 10.1. The summed E-state index contributed by atoms with van der Waals surface area (Å²) in [6.45, 7) is 4.89. The maximum Gasteiger partial charge on any atom is 0.321 e. The molecule has 1 aromatic carbocycles. The summed E-state index contributed by atoms with van der Waals surface area (Å²) in [5, 5.41) is 6.91. The topological polar surface area (TPSA) is 51.0 Å². The smallest absolute Gasteiger partial charge is 0.321 e. The van der Waals surface area contributed by atoms with Crippen LogP contribution in [0.3, 0.4) is 0 Å². The molecule has 0 amide bonds. The van der Waals surface area contributed by atoms with E-state index in [0.29, 0.717) is 23.3 Å². The lowest BCUT2D eigenvalue weighted by molar-refractivity contribution is 0.421. The zero-order valence-corrected chi connectivity index (χ0v) is 11.5. The number of aromatic nitrogens is 2. The van der Waals surface area contributed by atoms with Gasteiger partial charge in [0.05, 0.1) is 5.02 Å². The molecule has 0 saturated heterocycles. The minimum Gasteiger partial charge on any atom is -0.338 e. The molecular formula is C13H15ClFN3O. The van der Waals surface area contributed by atoms with Gasteiger partial charge in [0.25, 0.3) is 0 Å². The Kier molecular flexibility index (Phi) is 4.37. The second-order valence-electron chi connectivity index (χ2n) is 4.68. The van der Waals surface area contributed by atoms with E-state index in [0.717, 1.165) is 6.54 Å². The van der Waals surface area contributed by atoms with E-state index in [-0.39, 0.29) is 11.4 Å². The maximum absolute atomic E-state index is 13.7. The van der Waals surface area contributed by atoms with E-state index in [1.807, 2.05) is 0 Å². The number of rotatable bonds is 5. The molecule has 0 spiro atoms. The maximum atomic E-state index is 13.7. The van der Waals surface area contributed by atoms with Gasteiger partial charge in [-0.25, -0.2) is 4.39 Å². The van der Waals surface area contributed by atoms with E-state index in [1.165, 1.54) is 6.07 Å². The van der Waals surface area contributed by atoms with Gasteiger partial charge in [-0.2, -0.15) is 4.98 Å². The molecule has 2 rings (SSSR count). The van der Waals surface area contributed by atoms with E-state index in [2.05, 4.69) is 29.3 Å². The first-order valence-electron chi connectivity index (χ1n) is 6.05. The predicted molar refractivity (Wildman–Crippen MR) is 71.8 cm³/mol. The van der Waals surface area contributed by atoms with Crippen molar-refractivity contribution in [1.82, 2.24) is 10.1 Å². The highest BCUT2D eigenvalue weighted by atomic mass is 35.5. The van der Waals surface area contributed by atoms with Gasteiger partial charge in [0.1, 0.15) is 5.82 Å². The van der Waals surface area contributed by atoms with Gasteiger partial charge in [-0.3, -0.25) is 0 Å². The van der Waals surface area contributed by atoms with Crippen LogP contribution in [0.4, 0.5) is 10.4 Å². The Labute approximate surface area is 116 Å². The largest absolute Gasteiger partial charge is 0.338 e. The van der Waals surface area contributed by atoms with Crippen LogP contribution in [0.1, 0.15) is 25.2 Å². The number of nitrogens with one attached hydrogen (secondary N) is 1. The number of halogens is 2. The third-order valence-electron chi connectivity index (χ3n) is 2.51.